The van der Waals surface area contributed by atoms with Crippen molar-refractivity contribution in [1.29, 1.82) is 0 Å². The van der Waals surface area contributed by atoms with Gasteiger partial charge < -0.3 is 15.4 Å². The summed E-state index contributed by atoms with van der Waals surface area (Å²) in [6.45, 7) is 2.44. The Bertz CT molecular complexity index is 434. The van der Waals surface area contributed by atoms with Crippen molar-refractivity contribution in [3.05, 3.63) is 34.3 Å². The highest BCUT2D eigenvalue weighted by Gasteiger charge is 2.16. The van der Waals surface area contributed by atoms with Gasteiger partial charge in [-0.3, -0.25) is 9.59 Å². The molecule has 0 heterocycles. The molecule has 19 heavy (non-hydrogen) atoms. The van der Waals surface area contributed by atoms with Gasteiger partial charge in [-0.25, -0.2) is 0 Å². The van der Waals surface area contributed by atoms with E-state index in [1.165, 1.54) is 4.90 Å². The number of carbonyl (C=O) groups is 2. The number of primary amides is 1. The zero-order valence-corrected chi connectivity index (χ0v) is 12.4. The Morgan fingerprint density at radius 3 is 2.47 bits per heavy atom. The van der Waals surface area contributed by atoms with Crippen LogP contribution in [-0.4, -0.2) is 36.5 Å². The van der Waals surface area contributed by atoms with Gasteiger partial charge in [0.05, 0.1) is 6.54 Å². The summed E-state index contributed by atoms with van der Waals surface area (Å²) in [7, 11) is 0. The van der Waals surface area contributed by atoms with E-state index in [0.717, 1.165) is 10.0 Å². The van der Waals surface area contributed by atoms with E-state index >= 15 is 0 Å². The standard InChI is InChI=1S/C13H17BrN2O3/c1-2-19-9-13(18)16(8-12(15)17)7-10-3-5-11(14)6-4-10/h3-6H,2,7-9H2,1H3,(H2,15,17). The summed E-state index contributed by atoms with van der Waals surface area (Å²) in [6.07, 6.45) is 0. The van der Waals surface area contributed by atoms with E-state index in [-0.39, 0.29) is 19.1 Å². The summed E-state index contributed by atoms with van der Waals surface area (Å²) in [5, 5.41) is 0. The van der Waals surface area contributed by atoms with Gasteiger partial charge in [0.25, 0.3) is 0 Å². The van der Waals surface area contributed by atoms with Gasteiger partial charge in [-0.05, 0) is 24.6 Å². The molecule has 104 valence electrons. The lowest BCUT2D eigenvalue weighted by molar-refractivity contribution is -0.139. The zero-order chi connectivity index (χ0) is 14.3. The van der Waals surface area contributed by atoms with Gasteiger partial charge in [-0.1, -0.05) is 28.1 Å². The van der Waals surface area contributed by atoms with E-state index in [4.69, 9.17) is 10.5 Å². The lowest BCUT2D eigenvalue weighted by atomic mass is 10.2. The molecule has 6 heteroatoms. The van der Waals surface area contributed by atoms with Gasteiger partial charge >= 0.3 is 0 Å². The smallest absolute Gasteiger partial charge is 0.249 e. The number of nitrogens with zero attached hydrogens (tertiary/aromatic N) is 1. The zero-order valence-electron chi connectivity index (χ0n) is 10.8. The number of hydrogen-bond acceptors (Lipinski definition) is 3. The van der Waals surface area contributed by atoms with Crippen LogP contribution in [0.5, 0.6) is 0 Å². The van der Waals surface area contributed by atoms with Crippen molar-refractivity contribution in [3.63, 3.8) is 0 Å². The molecular weight excluding hydrogens is 312 g/mol. The summed E-state index contributed by atoms with van der Waals surface area (Å²) in [5.74, 6) is -0.787. The number of benzene rings is 1. The molecule has 2 N–H and O–H groups in total. The van der Waals surface area contributed by atoms with E-state index < -0.39 is 5.91 Å². The second-order valence-electron chi connectivity index (χ2n) is 3.98. The molecule has 0 saturated heterocycles. The van der Waals surface area contributed by atoms with Crippen LogP contribution in [0, 0.1) is 0 Å². The molecule has 1 aromatic carbocycles. The third kappa shape index (κ3) is 5.85. The van der Waals surface area contributed by atoms with E-state index in [0.29, 0.717) is 13.2 Å². The summed E-state index contributed by atoms with van der Waals surface area (Å²) in [5.41, 5.74) is 6.08. The first kappa shape index (κ1) is 15.7. The minimum atomic E-state index is -0.540. The van der Waals surface area contributed by atoms with Crippen molar-refractivity contribution in [2.75, 3.05) is 19.8 Å². The summed E-state index contributed by atoms with van der Waals surface area (Å²) in [4.78, 5) is 24.3. The van der Waals surface area contributed by atoms with Crippen molar-refractivity contribution in [1.82, 2.24) is 4.90 Å². The molecule has 5 nitrogen and oxygen atoms in total. The molecule has 0 radical (unpaired) electrons. The molecule has 0 saturated carbocycles. The first-order chi connectivity index (χ1) is 9.02. The van der Waals surface area contributed by atoms with Crippen LogP contribution in [0.15, 0.2) is 28.7 Å². The SMILES string of the molecule is CCOCC(=O)N(CC(N)=O)Cc1ccc(Br)cc1. The molecule has 0 spiro atoms. The molecule has 1 aromatic rings. The number of hydrogen-bond donors (Lipinski definition) is 1. The number of nitrogens with two attached hydrogens (primary N) is 1. The van der Waals surface area contributed by atoms with Crippen LogP contribution in [0.1, 0.15) is 12.5 Å². The second-order valence-corrected chi connectivity index (χ2v) is 4.90. The maximum Gasteiger partial charge on any atom is 0.249 e. The van der Waals surface area contributed by atoms with Crippen molar-refractivity contribution >= 4 is 27.7 Å². The van der Waals surface area contributed by atoms with Crippen LogP contribution in [0.25, 0.3) is 0 Å². The number of halogens is 1. The topological polar surface area (TPSA) is 72.6 Å². The highest BCUT2D eigenvalue weighted by molar-refractivity contribution is 9.10. The first-order valence-corrected chi connectivity index (χ1v) is 6.70. The van der Waals surface area contributed by atoms with Crippen LogP contribution in [-0.2, 0) is 20.9 Å². The quantitative estimate of drug-likeness (QED) is 0.819. The Labute approximate surface area is 120 Å². The second kappa shape index (κ2) is 7.91. The molecule has 2 amide bonds. The number of rotatable bonds is 7. The Morgan fingerprint density at radius 1 is 1.32 bits per heavy atom. The molecule has 0 aliphatic rings. The van der Waals surface area contributed by atoms with E-state index in [1.807, 2.05) is 24.3 Å². The highest BCUT2D eigenvalue weighted by atomic mass is 79.9. The molecule has 0 bridgehead atoms. The molecule has 0 aliphatic heterocycles. The van der Waals surface area contributed by atoms with Crippen LogP contribution in [0.2, 0.25) is 0 Å². The average Bonchev–Trinajstić information content (AvgIpc) is 2.37. The summed E-state index contributed by atoms with van der Waals surface area (Å²) >= 11 is 3.34. The van der Waals surface area contributed by atoms with Crippen molar-refractivity contribution in [2.45, 2.75) is 13.5 Å². The Hall–Kier alpha value is -1.40. The van der Waals surface area contributed by atoms with Crippen LogP contribution >= 0.6 is 15.9 Å². The van der Waals surface area contributed by atoms with Gasteiger partial charge in [-0.2, -0.15) is 0 Å². The maximum absolute atomic E-state index is 11.9. The van der Waals surface area contributed by atoms with Crippen molar-refractivity contribution < 1.29 is 14.3 Å². The fourth-order valence-electron chi connectivity index (χ4n) is 1.51. The van der Waals surface area contributed by atoms with Crippen LogP contribution in [0.4, 0.5) is 0 Å². The minimum Gasteiger partial charge on any atom is -0.372 e. The fraction of sp³-hybridized carbons (Fsp3) is 0.385. The number of ether oxygens (including phenoxy) is 1. The normalized spacial score (nSPS) is 10.2. The predicted octanol–water partition coefficient (Wildman–Crippen LogP) is 1.30. The summed E-state index contributed by atoms with van der Waals surface area (Å²) in [6, 6.07) is 7.52. The molecule has 0 atom stereocenters. The van der Waals surface area contributed by atoms with Crippen molar-refractivity contribution in [2.24, 2.45) is 5.73 Å². The van der Waals surface area contributed by atoms with Gasteiger partial charge in [0.2, 0.25) is 11.8 Å². The van der Waals surface area contributed by atoms with Gasteiger partial charge in [0, 0.05) is 17.6 Å². The molecule has 1 rings (SSSR count). The largest absolute Gasteiger partial charge is 0.372 e. The van der Waals surface area contributed by atoms with Gasteiger partial charge in [-0.15, -0.1) is 0 Å². The lowest BCUT2D eigenvalue weighted by Crippen LogP contribution is -2.39. The molecule has 0 fully saturated rings. The lowest BCUT2D eigenvalue weighted by Gasteiger charge is -2.21. The fourth-order valence-corrected chi connectivity index (χ4v) is 1.78. The third-order valence-electron chi connectivity index (χ3n) is 2.42. The predicted molar refractivity (Wildman–Crippen MR) is 75.2 cm³/mol. The third-order valence-corrected chi connectivity index (χ3v) is 2.94. The van der Waals surface area contributed by atoms with E-state index in [9.17, 15) is 9.59 Å². The van der Waals surface area contributed by atoms with Gasteiger partial charge in [0.15, 0.2) is 0 Å². The Morgan fingerprint density at radius 2 is 1.95 bits per heavy atom. The average molecular weight is 329 g/mol. The van der Waals surface area contributed by atoms with Crippen LogP contribution in [0.3, 0.4) is 0 Å². The molecular formula is C13H17BrN2O3. The number of amides is 2. The Kier molecular flexibility index (Phi) is 6.52. The molecule has 0 unspecified atom stereocenters. The molecule has 0 aromatic heterocycles. The van der Waals surface area contributed by atoms with Crippen LogP contribution < -0.4 is 5.73 Å². The minimum absolute atomic E-state index is 0.0414. The number of carbonyl (C=O) groups excluding carboxylic acids is 2. The van der Waals surface area contributed by atoms with Crippen molar-refractivity contribution in [3.8, 4) is 0 Å². The maximum atomic E-state index is 11.9. The first-order valence-electron chi connectivity index (χ1n) is 5.91. The highest BCUT2D eigenvalue weighted by Crippen LogP contribution is 2.12. The van der Waals surface area contributed by atoms with E-state index in [1.54, 1.807) is 6.92 Å². The summed E-state index contributed by atoms with van der Waals surface area (Å²) < 4.78 is 6.02. The monoisotopic (exact) mass is 328 g/mol. The Balaban J connectivity index is 2.70. The molecule has 0 aliphatic carbocycles. The van der Waals surface area contributed by atoms with E-state index in [2.05, 4.69) is 15.9 Å². The van der Waals surface area contributed by atoms with Gasteiger partial charge in [0.1, 0.15) is 6.61 Å².